The monoisotopic (exact) mass is 404 g/mol. The van der Waals surface area contributed by atoms with Crippen LogP contribution in [0.25, 0.3) is 6.08 Å². The summed E-state index contributed by atoms with van der Waals surface area (Å²) in [6.45, 7) is 4.32. The molecular formula is C19H21ClN4O2S. The Labute approximate surface area is 168 Å². The van der Waals surface area contributed by atoms with Gasteiger partial charge in [0.1, 0.15) is 5.70 Å². The molecule has 0 atom stereocenters. The molecule has 2 aromatic rings. The van der Waals surface area contributed by atoms with Gasteiger partial charge in [0.05, 0.1) is 12.7 Å². The SMILES string of the molecule is CCOCCCN1C(=O)/C(=C\c2cnn(Cc3ccccc3Cl)c2)NC1=S. The molecule has 0 saturated carbocycles. The van der Waals surface area contributed by atoms with E-state index in [-0.39, 0.29) is 5.91 Å². The second kappa shape index (κ2) is 9.12. The number of aromatic nitrogens is 2. The van der Waals surface area contributed by atoms with E-state index >= 15 is 0 Å². The van der Waals surface area contributed by atoms with Gasteiger partial charge in [-0.15, -0.1) is 0 Å². The molecule has 0 aliphatic carbocycles. The number of hydrogen-bond donors (Lipinski definition) is 1. The number of rotatable bonds is 8. The third kappa shape index (κ3) is 4.94. The van der Waals surface area contributed by atoms with E-state index in [2.05, 4.69) is 10.4 Å². The van der Waals surface area contributed by atoms with E-state index in [1.807, 2.05) is 37.4 Å². The Kier molecular flexibility index (Phi) is 6.60. The van der Waals surface area contributed by atoms with Crippen molar-refractivity contribution in [2.45, 2.75) is 19.9 Å². The smallest absolute Gasteiger partial charge is 0.276 e. The van der Waals surface area contributed by atoms with Crippen LogP contribution in [-0.4, -0.2) is 45.5 Å². The fourth-order valence-corrected chi connectivity index (χ4v) is 3.23. The number of ether oxygens (including phenoxy) is 1. The van der Waals surface area contributed by atoms with E-state index in [0.29, 0.717) is 42.1 Å². The molecule has 3 rings (SSSR count). The molecule has 1 aliphatic rings. The van der Waals surface area contributed by atoms with Crippen molar-refractivity contribution < 1.29 is 9.53 Å². The van der Waals surface area contributed by atoms with E-state index in [4.69, 9.17) is 28.6 Å². The maximum Gasteiger partial charge on any atom is 0.276 e. The Morgan fingerprint density at radius 2 is 2.19 bits per heavy atom. The minimum absolute atomic E-state index is 0.129. The zero-order chi connectivity index (χ0) is 19.2. The predicted octanol–water partition coefficient (Wildman–Crippen LogP) is 3.07. The molecule has 1 amide bonds. The van der Waals surface area contributed by atoms with Crippen LogP contribution in [0.1, 0.15) is 24.5 Å². The fraction of sp³-hybridized carbons (Fsp3) is 0.316. The molecule has 0 bridgehead atoms. The summed E-state index contributed by atoms with van der Waals surface area (Å²) in [6, 6.07) is 7.65. The first-order chi connectivity index (χ1) is 13.1. The molecular weight excluding hydrogens is 384 g/mol. The quantitative estimate of drug-likeness (QED) is 0.416. The van der Waals surface area contributed by atoms with Crippen LogP contribution < -0.4 is 5.32 Å². The normalized spacial score (nSPS) is 15.6. The third-order valence-electron chi connectivity index (χ3n) is 4.09. The number of amides is 1. The molecule has 142 valence electrons. The summed E-state index contributed by atoms with van der Waals surface area (Å²) in [5.74, 6) is -0.129. The number of halogens is 1. The summed E-state index contributed by atoms with van der Waals surface area (Å²) in [7, 11) is 0. The van der Waals surface area contributed by atoms with Crippen molar-refractivity contribution in [2.24, 2.45) is 0 Å². The van der Waals surface area contributed by atoms with Crippen LogP contribution in [0.5, 0.6) is 0 Å². The van der Waals surface area contributed by atoms with E-state index in [1.165, 1.54) is 0 Å². The van der Waals surface area contributed by atoms with Crippen LogP contribution >= 0.6 is 23.8 Å². The first kappa shape index (κ1) is 19.5. The van der Waals surface area contributed by atoms with Gasteiger partial charge in [0, 0.05) is 36.5 Å². The van der Waals surface area contributed by atoms with Gasteiger partial charge in [-0.25, -0.2) is 0 Å². The van der Waals surface area contributed by atoms with Crippen LogP contribution in [0.3, 0.4) is 0 Å². The lowest BCUT2D eigenvalue weighted by Crippen LogP contribution is -2.32. The first-order valence-corrected chi connectivity index (χ1v) is 9.55. The van der Waals surface area contributed by atoms with Gasteiger partial charge in [-0.2, -0.15) is 5.10 Å². The van der Waals surface area contributed by atoms with Gasteiger partial charge < -0.3 is 10.1 Å². The standard InChI is InChI=1S/C19H21ClN4O2S/c1-2-26-9-5-8-24-18(25)17(22-19(24)27)10-14-11-21-23(12-14)13-15-6-3-4-7-16(15)20/h3-4,6-7,10-12H,2,5,8-9,13H2,1H3,(H,22,27)/b17-10+. The van der Waals surface area contributed by atoms with Crippen LogP contribution in [-0.2, 0) is 16.1 Å². The second-order valence-corrected chi connectivity index (χ2v) is 6.85. The van der Waals surface area contributed by atoms with Crippen LogP contribution in [0.2, 0.25) is 5.02 Å². The summed E-state index contributed by atoms with van der Waals surface area (Å²) in [6.07, 6.45) is 6.07. The number of nitrogens with zero attached hydrogens (tertiary/aromatic N) is 3. The third-order valence-corrected chi connectivity index (χ3v) is 4.78. The molecule has 0 spiro atoms. The van der Waals surface area contributed by atoms with Crippen LogP contribution in [0.4, 0.5) is 0 Å². The number of benzene rings is 1. The predicted molar refractivity (Wildman–Crippen MR) is 109 cm³/mol. The number of hydrogen-bond acceptors (Lipinski definition) is 4. The summed E-state index contributed by atoms with van der Waals surface area (Å²) >= 11 is 11.5. The molecule has 27 heavy (non-hydrogen) atoms. The van der Waals surface area contributed by atoms with Crippen molar-refractivity contribution in [1.29, 1.82) is 0 Å². The molecule has 0 unspecified atom stereocenters. The van der Waals surface area contributed by atoms with Gasteiger partial charge in [-0.3, -0.25) is 14.4 Å². The van der Waals surface area contributed by atoms with Gasteiger partial charge >= 0.3 is 0 Å². The fourth-order valence-electron chi connectivity index (χ4n) is 2.75. The van der Waals surface area contributed by atoms with Crippen LogP contribution in [0.15, 0.2) is 42.4 Å². The molecule has 1 fully saturated rings. The zero-order valence-corrected chi connectivity index (χ0v) is 16.6. The minimum Gasteiger partial charge on any atom is -0.382 e. The van der Waals surface area contributed by atoms with Crippen LogP contribution in [0, 0.1) is 0 Å². The largest absolute Gasteiger partial charge is 0.382 e. The van der Waals surface area contributed by atoms with Gasteiger partial charge in [-0.1, -0.05) is 29.8 Å². The number of carbonyl (C=O) groups excluding carboxylic acids is 1. The van der Waals surface area contributed by atoms with E-state index in [9.17, 15) is 4.79 Å². The number of thiocarbonyl (C=S) groups is 1. The molecule has 1 N–H and O–H groups in total. The minimum atomic E-state index is -0.129. The van der Waals surface area contributed by atoms with Gasteiger partial charge in [-0.05, 0) is 43.3 Å². The molecule has 0 radical (unpaired) electrons. The number of nitrogens with one attached hydrogen (secondary N) is 1. The topological polar surface area (TPSA) is 59.4 Å². The lowest BCUT2D eigenvalue weighted by molar-refractivity contribution is -0.122. The lowest BCUT2D eigenvalue weighted by Gasteiger charge is -2.13. The van der Waals surface area contributed by atoms with Crippen molar-refractivity contribution in [3.05, 3.63) is 58.5 Å². The van der Waals surface area contributed by atoms with Gasteiger partial charge in [0.2, 0.25) is 0 Å². The Bertz CT molecular complexity index is 865. The molecule has 1 saturated heterocycles. The van der Waals surface area contributed by atoms with Crippen molar-refractivity contribution in [3.63, 3.8) is 0 Å². The lowest BCUT2D eigenvalue weighted by atomic mass is 10.2. The highest BCUT2D eigenvalue weighted by Gasteiger charge is 2.30. The summed E-state index contributed by atoms with van der Waals surface area (Å²) in [4.78, 5) is 14.1. The summed E-state index contributed by atoms with van der Waals surface area (Å²) in [5, 5.41) is 8.45. The maximum atomic E-state index is 12.5. The highest BCUT2D eigenvalue weighted by molar-refractivity contribution is 7.80. The number of carbonyl (C=O) groups is 1. The Morgan fingerprint density at radius 1 is 1.37 bits per heavy atom. The highest BCUT2D eigenvalue weighted by Crippen LogP contribution is 2.17. The molecule has 2 heterocycles. The Morgan fingerprint density at radius 3 is 2.96 bits per heavy atom. The van der Waals surface area contributed by atoms with Crippen molar-refractivity contribution in [3.8, 4) is 0 Å². The second-order valence-electron chi connectivity index (χ2n) is 6.06. The van der Waals surface area contributed by atoms with Crippen molar-refractivity contribution in [2.75, 3.05) is 19.8 Å². The molecule has 1 aromatic carbocycles. The first-order valence-electron chi connectivity index (χ1n) is 8.76. The van der Waals surface area contributed by atoms with E-state index < -0.39 is 0 Å². The molecule has 6 nitrogen and oxygen atoms in total. The van der Waals surface area contributed by atoms with Crippen molar-refractivity contribution in [1.82, 2.24) is 20.0 Å². The molecule has 1 aliphatic heterocycles. The molecule has 1 aromatic heterocycles. The van der Waals surface area contributed by atoms with Gasteiger partial charge in [0.15, 0.2) is 5.11 Å². The van der Waals surface area contributed by atoms with E-state index in [0.717, 1.165) is 17.5 Å². The van der Waals surface area contributed by atoms with E-state index in [1.54, 1.807) is 21.9 Å². The Balaban J connectivity index is 1.65. The average molecular weight is 405 g/mol. The average Bonchev–Trinajstić information content (AvgIpc) is 3.19. The highest BCUT2D eigenvalue weighted by atomic mass is 35.5. The van der Waals surface area contributed by atoms with Crippen molar-refractivity contribution >= 4 is 40.9 Å². The van der Waals surface area contributed by atoms with Gasteiger partial charge in [0.25, 0.3) is 5.91 Å². The maximum absolute atomic E-state index is 12.5. The summed E-state index contributed by atoms with van der Waals surface area (Å²) in [5.41, 5.74) is 2.25. The zero-order valence-electron chi connectivity index (χ0n) is 15.0. The molecule has 8 heteroatoms. The Hall–Kier alpha value is -2.22. The summed E-state index contributed by atoms with van der Waals surface area (Å²) < 4.78 is 7.09.